The van der Waals surface area contributed by atoms with Crippen molar-refractivity contribution in [3.63, 3.8) is 0 Å². The van der Waals surface area contributed by atoms with Crippen molar-refractivity contribution in [2.24, 2.45) is 10.8 Å². The molecular formula is C15H27NO4S. The molecule has 2 unspecified atom stereocenters. The Morgan fingerprint density at radius 2 is 1.95 bits per heavy atom. The van der Waals surface area contributed by atoms with Gasteiger partial charge in [-0.15, -0.1) is 0 Å². The van der Waals surface area contributed by atoms with Crippen LogP contribution in [0.5, 0.6) is 0 Å². The van der Waals surface area contributed by atoms with E-state index in [0.29, 0.717) is 13.0 Å². The summed E-state index contributed by atoms with van der Waals surface area (Å²) in [6, 6.07) is 0.127. The van der Waals surface area contributed by atoms with Crippen LogP contribution in [0.2, 0.25) is 0 Å². The van der Waals surface area contributed by atoms with E-state index in [-0.39, 0.29) is 35.0 Å². The van der Waals surface area contributed by atoms with Gasteiger partial charge in [0, 0.05) is 19.0 Å². The van der Waals surface area contributed by atoms with Crippen LogP contribution in [-0.2, 0) is 19.6 Å². The van der Waals surface area contributed by atoms with Gasteiger partial charge in [-0.3, -0.25) is 4.79 Å². The molecule has 0 aromatic carbocycles. The maximum Gasteiger partial charge on any atom is 0.305 e. The summed E-state index contributed by atoms with van der Waals surface area (Å²) in [4.78, 5) is 11.1. The molecule has 1 saturated carbocycles. The average molecular weight is 317 g/mol. The number of carbonyl (C=O) groups is 1. The number of ether oxygens (including phenoxy) is 1. The molecule has 2 bridgehead atoms. The van der Waals surface area contributed by atoms with E-state index in [4.69, 9.17) is 0 Å². The van der Waals surface area contributed by atoms with Crippen LogP contribution in [0.15, 0.2) is 0 Å². The highest BCUT2D eigenvalue weighted by atomic mass is 32.2. The minimum Gasteiger partial charge on any atom is -0.469 e. The highest BCUT2D eigenvalue weighted by Gasteiger charge is 2.52. The number of rotatable bonds is 5. The summed E-state index contributed by atoms with van der Waals surface area (Å²) in [7, 11) is -1.96. The van der Waals surface area contributed by atoms with Gasteiger partial charge in [-0.1, -0.05) is 20.8 Å². The zero-order valence-electron chi connectivity index (χ0n) is 13.5. The zero-order chi connectivity index (χ0) is 15.9. The van der Waals surface area contributed by atoms with E-state index >= 15 is 0 Å². The van der Waals surface area contributed by atoms with E-state index in [1.54, 1.807) is 4.31 Å². The van der Waals surface area contributed by atoms with Gasteiger partial charge in [0.15, 0.2) is 0 Å². The molecule has 1 aliphatic heterocycles. The van der Waals surface area contributed by atoms with Crippen molar-refractivity contribution in [3.05, 3.63) is 0 Å². The van der Waals surface area contributed by atoms with Gasteiger partial charge in [0.25, 0.3) is 0 Å². The summed E-state index contributed by atoms with van der Waals surface area (Å²) in [6.07, 6.45) is 3.46. The lowest BCUT2D eigenvalue weighted by Crippen LogP contribution is -2.38. The minimum absolute atomic E-state index is 0.0368. The molecule has 2 atom stereocenters. The first-order valence-electron chi connectivity index (χ1n) is 7.63. The first-order chi connectivity index (χ1) is 9.57. The van der Waals surface area contributed by atoms with Crippen molar-refractivity contribution in [3.8, 4) is 0 Å². The summed E-state index contributed by atoms with van der Waals surface area (Å²) in [5, 5.41) is 0. The number of nitrogens with zero attached hydrogens (tertiary/aromatic N) is 1. The highest BCUT2D eigenvalue weighted by molar-refractivity contribution is 7.89. The van der Waals surface area contributed by atoms with E-state index in [0.717, 1.165) is 19.3 Å². The maximum atomic E-state index is 12.6. The predicted molar refractivity (Wildman–Crippen MR) is 81.3 cm³/mol. The topological polar surface area (TPSA) is 63.7 Å². The molecule has 1 aliphatic carbocycles. The van der Waals surface area contributed by atoms with E-state index in [1.165, 1.54) is 7.11 Å². The van der Waals surface area contributed by atoms with Gasteiger partial charge in [-0.25, -0.2) is 8.42 Å². The van der Waals surface area contributed by atoms with Gasteiger partial charge in [-0.2, -0.15) is 4.31 Å². The molecule has 2 fully saturated rings. The summed E-state index contributed by atoms with van der Waals surface area (Å²) < 4.78 is 31.4. The van der Waals surface area contributed by atoms with Gasteiger partial charge in [0.2, 0.25) is 10.0 Å². The van der Waals surface area contributed by atoms with Crippen LogP contribution in [0.1, 0.15) is 52.9 Å². The molecule has 2 aliphatic rings. The molecule has 2 rings (SSSR count). The number of sulfonamides is 1. The molecule has 1 heterocycles. The average Bonchev–Trinajstić information content (AvgIpc) is 2.58. The Balaban J connectivity index is 2.03. The molecule has 5 nitrogen and oxygen atoms in total. The Kier molecular flexibility index (Phi) is 4.42. The highest BCUT2D eigenvalue weighted by Crippen LogP contribution is 2.53. The smallest absolute Gasteiger partial charge is 0.305 e. The van der Waals surface area contributed by atoms with Gasteiger partial charge < -0.3 is 4.74 Å². The number of hydrogen-bond acceptors (Lipinski definition) is 4. The van der Waals surface area contributed by atoms with Crippen LogP contribution in [0.3, 0.4) is 0 Å². The third-order valence-corrected chi connectivity index (χ3v) is 6.68. The lowest BCUT2D eigenvalue weighted by atomic mass is 9.65. The predicted octanol–water partition coefficient (Wildman–Crippen LogP) is 2.17. The Morgan fingerprint density at radius 1 is 1.29 bits per heavy atom. The fraction of sp³-hybridized carbons (Fsp3) is 0.933. The number of fused-ring (bicyclic) bond motifs is 2. The van der Waals surface area contributed by atoms with Crippen LogP contribution < -0.4 is 0 Å². The molecule has 122 valence electrons. The molecule has 0 aromatic rings. The van der Waals surface area contributed by atoms with Crippen LogP contribution in [0, 0.1) is 10.8 Å². The molecule has 0 spiro atoms. The van der Waals surface area contributed by atoms with Gasteiger partial charge in [0.05, 0.1) is 12.9 Å². The van der Waals surface area contributed by atoms with Crippen molar-refractivity contribution in [1.82, 2.24) is 4.31 Å². The zero-order valence-corrected chi connectivity index (χ0v) is 14.3. The Hall–Kier alpha value is -0.620. The van der Waals surface area contributed by atoms with Gasteiger partial charge in [0.1, 0.15) is 0 Å². The Morgan fingerprint density at radius 3 is 2.57 bits per heavy atom. The quantitative estimate of drug-likeness (QED) is 0.729. The van der Waals surface area contributed by atoms with Crippen molar-refractivity contribution in [2.45, 2.75) is 58.9 Å². The Labute approximate surface area is 128 Å². The lowest BCUT2D eigenvalue weighted by Gasteiger charge is -2.39. The second-order valence-electron chi connectivity index (χ2n) is 7.75. The minimum atomic E-state index is -3.28. The normalized spacial score (nSPS) is 32.1. The van der Waals surface area contributed by atoms with Crippen LogP contribution in [0.4, 0.5) is 0 Å². The molecule has 0 aromatic heterocycles. The van der Waals surface area contributed by atoms with Crippen molar-refractivity contribution >= 4 is 16.0 Å². The first kappa shape index (κ1) is 16.7. The molecule has 1 saturated heterocycles. The SMILES string of the molecule is COC(=O)CCCS(=O)(=O)N1CC2(C)CC1CC(C)(C)C2. The van der Waals surface area contributed by atoms with E-state index < -0.39 is 10.0 Å². The maximum absolute atomic E-state index is 12.6. The third kappa shape index (κ3) is 3.77. The van der Waals surface area contributed by atoms with E-state index in [9.17, 15) is 13.2 Å². The fourth-order valence-electron chi connectivity index (χ4n) is 4.35. The molecule has 6 heteroatoms. The summed E-state index contributed by atoms with van der Waals surface area (Å²) in [5.41, 5.74) is 0.301. The second kappa shape index (κ2) is 5.54. The molecule has 0 N–H and O–H groups in total. The Bertz CT molecular complexity index is 514. The monoisotopic (exact) mass is 317 g/mol. The molecule has 0 amide bonds. The van der Waals surface area contributed by atoms with Crippen LogP contribution in [-0.4, -0.2) is 44.1 Å². The lowest BCUT2D eigenvalue weighted by molar-refractivity contribution is -0.140. The van der Waals surface area contributed by atoms with Gasteiger partial charge in [-0.05, 0) is 36.5 Å². The third-order valence-electron chi connectivity index (χ3n) is 4.73. The number of methoxy groups -OCH3 is 1. The molecule has 21 heavy (non-hydrogen) atoms. The van der Waals surface area contributed by atoms with Crippen LogP contribution >= 0.6 is 0 Å². The standard InChI is InChI=1S/C15H27NO4S/c1-14(2)8-12-9-15(3,10-14)11-16(12)21(18,19)7-5-6-13(17)20-4/h12H,5-11H2,1-4H3. The van der Waals surface area contributed by atoms with Gasteiger partial charge >= 0.3 is 5.97 Å². The summed E-state index contributed by atoms with van der Waals surface area (Å²) in [5.74, 6) is -0.312. The number of hydrogen-bond donors (Lipinski definition) is 0. The molecular weight excluding hydrogens is 290 g/mol. The van der Waals surface area contributed by atoms with E-state index in [1.807, 2.05) is 0 Å². The number of esters is 1. The van der Waals surface area contributed by atoms with Crippen LogP contribution in [0.25, 0.3) is 0 Å². The summed E-state index contributed by atoms with van der Waals surface area (Å²) in [6.45, 7) is 7.28. The first-order valence-corrected chi connectivity index (χ1v) is 9.24. The van der Waals surface area contributed by atoms with Crippen molar-refractivity contribution < 1.29 is 17.9 Å². The number of carbonyl (C=O) groups excluding carboxylic acids is 1. The fourth-order valence-corrected chi connectivity index (χ4v) is 6.21. The second-order valence-corrected chi connectivity index (χ2v) is 9.80. The van der Waals surface area contributed by atoms with Crippen molar-refractivity contribution in [1.29, 1.82) is 0 Å². The van der Waals surface area contributed by atoms with Crippen molar-refractivity contribution in [2.75, 3.05) is 19.4 Å². The summed E-state index contributed by atoms with van der Waals surface area (Å²) >= 11 is 0. The van der Waals surface area contributed by atoms with E-state index in [2.05, 4.69) is 25.5 Å². The molecule has 0 radical (unpaired) electrons. The largest absolute Gasteiger partial charge is 0.469 e.